The molecular formula is C18H16ClN3O2S. The van der Waals surface area contributed by atoms with Crippen LogP contribution in [0.2, 0.25) is 5.02 Å². The highest BCUT2D eigenvalue weighted by atomic mass is 35.5. The highest BCUT2D eigenvalue weighted by Crippen LogP contribution is 2.27. The molecule has 5 nitrogen and oxygen atoms in total. The van der Waals surface area contributed by atoms with Gasteiger partial charge in [0.25, 0.3) is 0 Å². The Bertz CT molecular complexity index is 839. The fraction of sp³-hybridized carbons (Fsp3) is 0.167. The van der Waals surface area contributed by atoms with Crippen LogP contribution in [0.25, 0.3) is 0 Å². The highest BCUT2D eigenvalue weighted by Gasteiger charge is 2.32. The first-order valence-corrected chi connectivity index (χ1v) is 8.95. The Morgan fingerprint density at radius 2 is 2.00 bits per heavy atom. The topological polar surface area (TPSA) is 70.6 Å². The summed E-state index contributed by atoms with van der Waals surface area (Å²) in [7, 11) is 0. The summed E-state index contributed by atoms with van der Waals surface area (Å²) in [4.78, 5) is 28.7. The number of aliphatic imine (C=N–C) groups is 1. The minimum absolute atomic E-state index is 0.0657. The molecule has 0 bridgehead atoms. The fourth-order valence-corrected chi connectivity index (χ4v) is 3.49. The van der Waals surface area contributed by atoms with Gasteiger partial charge in [0, 0.05) is 17.1 Å². The smallest absolute Gasteiger partial charge is 0.240 e. The number of carbonyl (C=O) groups excluding carboxylic acids is 2. The lowest BCUT2D eigenvalue weighted by Crippen LogP contribution is -2.28. The van der Waals surface area contributed by atoms with Crippen LogP contribution < -0.4 is 10.6 Å². The van der Waals surface area contributed by atoms with Crippen molar-refractivity contribution in [1.82, 2.24) is 5.32 Å². The van der Waals surface area contributed by atoms with Crippen molar-refractivity contribution >= 4 is 51.7 Å². The van der Waals surface area contributed by atoms with Gasteiger partial charge in [-0.15, -0.1) is 0 Å². The van der Waals surface area contributed by atoms with Crippen LogP contribution in [0.1, 0.15) is 12.0 Å². The van der Waals surface area contributed by atoms with Crippen LogP contribution in [0.3, 0.4) is 0 Å². The number of amidine groups is 1. The molecule has 1 aliphatic rings. The molecule has 3 rings (SSSR count). The number of benzene rings is 2. The predicted octanol–water partition coefficient (Wildman–Crippen LogP) is 3.90. The summed E-state index contributed by atoms with van der Waals surface area (Å²) in [5.74, 6) is -0.448. The second-order valence-electron chi connectivity index (χ2n) is 5.51. The van der Waals surface area contributed by atoms with Gasteiger partial charge in [0.1, 0.15) is 5.25 Å². The summed E-state index contributed by atoms with van der Waals surface area (Å²) in [6.07, 6.45) is 0.0657. The van der Waals surface area contributed by atoms with Crippen LogP contribution in [-0.4, -0.2) is 22.2 Å². The van der Waals surface area contributed by atoms with Crippen LogP contribution >= 0.6 is 23.4 Å². The molecule has 0 radical (unpaired) electrons. The van der Waals surface area contributed by atoms with E-state index in [1.807, 2.05) is 37.3 Å². The molecule has 2 aromatic carbocycles. The summed E-state index contributed by atoms with van der Waals surface area (Å²) in [6, 6.07) is 14.7. The predicted molar refractivity (Wildman–Crippen MR) is 102 cm³/mol. The second-order valence-corrected chi connectivity index (χ2v) is 7.11. The first-order valence-electron chi connectivity index (χ1n) is 7.69. The Hall–Kier alpha value is -2.31. The molecule has 0 unspecified atom stereocenters. The van der Waals surface area contributed by atoms with Crippen molar-refractivity contribution in [1.29, 1.82) is 0 Å². The Morgan fingerprint density at radius 1 is 1.24 bits per heavy atom. The van der Waals surface area contributed by atoms with E-state index < -0.39 is 5.25 Å². The number of rotatable bonds is 4. The highest BCUT2D eigenvalue weighted by molar-refractivity contribution is 8.15. The number of halogens is 1. The molecule has 2 N–H and O–H groups in total. The van der Waals surface area contributed by atoms with Gasteiger partial charge in [-0.1, -0.05) is 47.6 Å². The number of hydrogen-bond donors (Lipinski definition) is 2. The third-order valence-electron chi connectivity index (χ3n) is 3.68. The Balaban J connectivity index is 1.63. The van der Waals surface area contributed by atoms with Crippen molar-refractivity contribution < 1.29 is 9.59 Å². The third kappa shape index (κ3) is 4.41. The van der Waals surface area contributed by atoms with Gasteiger partial charge in [-0.05, 0) is 36.8 Å². The van der Waals surface area contributed by atoms with Gasteiger partial charge >= 0.3 is 0 Å². The number of anilines is 1. The largest absolute Gasteiger partial charge is 0.326 e. The number of para-hydroxylation sites is 1. The van der Waals surface area contributed by atoms with Crippen molar-refractivity contribution in [3.63, 3.8) is 0 Å². The van der Waals surface area contributed by atoms with Crippen LogP contribution in [0.5, 0.6) is 0 Å². The van der Waals surface area contributed by atoms with E-state index in [4.69, 9.17) is 11.6 Å². The normalized spacial score (nSPS) is 18.2. The summed E-state index contributed by atoms with van der Waals surface area (Å²) in [5, 5.41) is 6.12. The number of nitrogens with one attached hydrogen (secondary N) is 2. The Labute approximate surface area is 154 Å². The number of nitrogens with zero attached hydrogens (tertiary/aromatic N) is 1. The molecule has 1 aliphatic heterocycles. The molecular weight excluding hydrogens is 358 g/mol. The van der Waals surface area contributed by atoms with Crippen LogP contribution in [-0.2, 0) is 9.59 Å². The number of thioether (sulfide) groups is 1. The van der Waals surface area contributed by atoms with E-state index in [0.29, 0.717) is 15.9 Å². The maximum Gasteiger partial charge on any atom is 0.240 e. The SMILES string of the molecule is Cc1c(Cl)cccc1NC(=O)C[C@H]1SC(=Nc2ccccc2)NC1=O. The van der Waals surface area contributed by atoms with Crippen LogP contribution in [0.15, 0.2) is 53.5 Å². The number of amides is 2. The van der Waals surface area contributed by atoms with Gasteiger partial charge in [0.2, 0.25) is 11.8 Å². The Morgan fingerprint density at radius 3 is 2.76 bits per heavy atom. The lowest BCUT2D eigenvalue weighted by atomic mass is 10.2. The quantitative estimate of drug-likeness (QED) is 0.853. The first kappa shape index (κ1) is 17.5. The Kier molecular flexibility index (Phi) is 5.40. The monoisotopic (exact) mass is 373 g/mol. The van der Waals surface area contributed by atoms with Crippen molar-refractivity contribution in [3.8, 4) is 0 Å². The van der Waals surface area contributed by atoms with E-state index in [-0.39, 0.29) is 18.2 Å². The van der Waals surface area contributed by atoms with Gasteiger partial charge < -0.3 is 10.6 Å². The van der Waals surface area contributed by atoms with Crippen LogP contribution in [0, 0.1) is 6.92 Å². The average molecular weight is 374 g/mol. The van der Waals surface area contributed by atoms with Crippen molar-refractivity contribution in [2.24, 2.45) is 4.99 Å². The van der Waals surface area contributed by atoms with Crippen molar-refractivity contribution in [3.05, 3.63) is 59.1 Å². The zero-order valence-electron chi connectivity index (χ0n) is 13.5. The minimum atomic E-state index is -0.498. The van der Waals surface area contributed by atoms with Gasteiger partial charge in [-0.25, -0.2) is 4.99 Å². The molecule has 1 atom stereocenters. The van der Waals surface area contributed by atoms with E-state index in [9.17, 15) is 9.59 Å². The molecule has 25 heavy (non-hydrogen) atoms. The van der Waals surface area contributed by atoms with E-state index in [1.165, 1.54) is 11.8 Å². The number of carbonyl (C=O) groups is 2. The molecule has 1 heterocycles. The van der Waals surface area contributed by atoms with Gasteiger partial charge in [0.15, 0.2) is 5.17 Å². The summed E-state index contributed by atoms with van der Waals surface area (Å²) in [6.45, 7) is 1.83. The number of hydrogen-bond acceptors (Lipinski definition) is 4. The van der Waals surface area contributed by atoms with E-state index >= 15 is 0 Å². The lowest BCUT2D eigenvalue weighted by molar-refractivity contribution is -0.122. The lowest BCUT2D eigenvalue weighted by Gasteiger charge is -2.10. The standard InChI is InChI=1S/C18H16ClN3O2S/c1-11-13(19)8-5-9-14(11)21-16(23)10-15-17(24)22-18(25-15)20-12-6-3-2-4-7-12/h2-9,15H,10H2,1H3,(H,21,23)(H,20,22,24)/t15-/m1/s1. The molecule has 2 amide bonds. The molecule has 7 heteroatoms. The van der Waals surface area contributed by atoms with E-state index in [2.05, 4.69) is 15.6 Å². The van der Waals surface area contributed by atoms with E-state index in [1.54, 1.807) is 18.2 Å². The third-order valence-corrected chi connectivity index (χ3v) is 5.17. The van der Waals surface area contributed by atoms with Crippen LogP contribution in [0.4, 0.5) is 11.4 Å². The maximum absolute atomic E-state index is 12.3. The summed E-state index contributed by atoms with van der Waals surface area (Å²) >= 11 is 7.31. The molecule has 0 aliphatic carbocycles. The molecule has 0 aromatic heterocycles. The van der Waals surface area contributed by atoms with Gasteiger partial charge in [-0.3, -0.25) is 9.59 Å². The molecule has 0 saturated carbocycles. The zero-order chi connectivity index (χ0) is 17.8. The van der Waals surface area contributed by atoms with Gasteiger partial charge in [0.05, 0.1) is 5.69 Å². The van der Waals surface area contributed by atoms with Crippen molar-refractivity contribution in [2.45, 2.75) is 18.6 Å². The molecule has 1 saturated heterocycles. The summed E-state index contributed by atoms with van der Waals surface area (Å²) < 4.78 is 0. The molecule has 128 valence electrons. The minimum Gasteiger partial charge on any atom is -0.326 e. The first-order chi connectivity index (χ1) is 12.0. The second kappa shape index (κ2) is 7.72. The van der Waals surface area contributed by atoms with Gasteiger partial charge in [-0.2, -0.15) is 0 Å². The van der Waals surface area contributed by atoms with E-state index in [0.717, 1.165) is 11.3 Å². The maximum atomic E-state index is 12.3. The average Bonchev–Trinajstić information content (AvgIpc) is 2.92. The molecule has 1 fully saturated rings. The zero-order valence-corrected chi connectivity index (χ0v) is 15.0. The fourth-order valence-electron chi connectivity index (χ4n) is 2.32. The summed E-state index contributed by atoms with van der Waals surface area (Å²) in [5.41, 5.74) is 2.21. The molecule has 0 spiro atoms. The molecule has 2 aromatic rings. The van der Waals surface area contributed by atoms with Crippen molar-refractivity contribution in [2.75, 3.05) is 5.32 Å².